The fourth-order valence-corrected chi connectivity index (χ4v) is 1.79. The first-order chi connectivity index (χ1) is 9.54. The molecule has 2 N–H and O–H groups in total. The number of nitriles is 1. The summed E-state index contributed by atoms with van der Waals surface area (Å²) in [6.45, 7) is 0. The molecule has 1 amide bonds. The lowest BCUT2D eigenvalue weighted by molar-refractivity contribution is -0.385. The van der Waals surface area contributed by atoms with E-state index in [0.717, 1.165) is 0 Å². The number of nitrogens with zero attached hydrogens (tertiary/aromatic N) is 3. The Labute approximate surface area is 117 Å². The minimum atomic E-state index is -0.803. The molecule has 8 nitrogen and oxygen atoms in total. The van der Waals surface area contributed by atoms with Gasteiger partial charge in [0, 0.05) is 6.07 Å². The number of carbonyl (C=O) groups is 1. The molecule has 2 rings (SSSR count). The number of anilines is 1. The third-order valence-electron chi connectivity index (χ3n) is 2.41. The number of amides is 1. The Bertz CT molecular complexity index is 734. The van der Waals surface area contributed by atoms with E-state index in [1.54, 1.807) is 0 Å². The van der Waals surface area contributed by atoms with Gasteiger partial charge in [0.25, 0.3) is 11.6 Å². The van der Waals surface area contributed by atoms with Crippen LogP contribution in [0.15, 0.2) is 24.4 Å². The number of nitro benzene ring substituents is 1. The molecular formula is C11H6ClN5O3. The second-order valence-corrected chi connectivity index (χ2v) is 4.02. The van der Waals surface area contributed by atoms with E-state index in [9.17, 15) is 14.9 Å². The smallest absolute Gasteiger partial charge is 0.283 e. The van der Waals surface area contributed by atoms with Crippen LogP contribution in [0.1, 0.15) is 15.9 Å². The zero-order chi connectivity index (χ0) is 14.7. The van der Waals surface area contributed by atoms with Crippen molar-refractivity contribution in [2.45, 2.75) is 0 Å². The van der Waals surface area contributed by atoms with E-state index in [1.807, 2.05) is 6.07 Å². The Hall–Kier alpha value is -2.92. The van der Waals surface area contributed by atoms with Crippen molar-refractivity contribution in [3.8, 4) is 6.07 Å². The summed E-state index contributed by atoms with van der Waals surface area (Å²) in [6, 6.07) is 5.71. The summed E-state index contributed by atoms with van der Waals surface area (Å²) < 4.78 is 0. The second-order valence-electron chi connectivity index (χ2n) is 3.62. The maximum atomic E-state index is 12.1. The quantitative estimate of drug-likeness (QED) is 0.661. The van der Waals surface area contributed by atoms with Gasteiger partial charge in [0.15, 0.2) is 0 Å². The van der Waals surface area contributed by atoms with Gasteiger partial charge in [0.2, 0.25) is 0 Å². The number of carbonyl (C=O) groups excluding carboxylic acids is 1. The van der Waals surface area contributed by atoms with Gasteiger partial charge >= 0.3 is 0 Å². The topological polar surface area (TPSA) is 125 Å². The van der Waals surface area contributed by atoms with Gasteiger partial charge in [-0.15, -0.1) is 0 Å². The SMILES string of the molecule is N#Cc1cn[nH]c1NC(=O)c1c(Cl)cccc1[N+](=O)[O-]. The summed E-state index contributed by atoms with van der Waals surface area (Å²) in [5.74, 6) is -0.755. The van der Waals surface area contributed by atoms with Crippen molar-refractivity contribution in [3.63, 3.8) is 0 Å². The number of hydrogen-bond donors (Lipinski definition) is 2. The zero-order valence-corrected chi connectivity index (χ0v) is 10.5. The van der Waals surface area contributed by atoms with Gasteiger partial charge in [0.05, 0.1) is 16.1 Å². The molecule has 0 fully saturated rings. The third kappa shape index (κ3) is 2.43. The Morgan fingerprint density at radius 1 is 1.55 bits per heavy atom. The molecule has 2 aromatic rings. The van der Waals surface area contributed by atoms with Crippen LogP contribution in [-0.2, 0) is 0 Å². The van der Waals surface area contributed by atoms with Crippen molar-refractivity contribution in [3.05, 3.63) is 50.7 Å². The molecule has 0 spiro atoms. The number of nitro groups is 1. The van der Waals surface area contributed by atoms with Crippen molar-refractivity contribution in [2.24, 2.45) is 0 Å². The molecule has 1 heterocycles. The number of rotatable bonds is 3. The molecule has 20 heavy (non-hydrogen) atoms. The van der Waals surface area contributed by atoms with Crippen molar-refractivity contribution in [1.82, 2.24) is 10.2 Å². The number of benzene rings is 1. The minimum absolute atomic E-state index is 0.0479. The van der Waals surface area contributed by atoms with Crippen molar-refractivity contribution >= 4 is 29.0 Å². The molecule has 0 aliphatic rings. The first-order valence-corrected chi connectivity index (χ1v) is 5.60. The maximum Gasteiger partial charge on any atom is 0.283 e. The predicted molar refractivity (Wildman–Crippen MR) is 69.4 cm³/mol. The molecule has 1 aromatic heterocycles. The van der Waals surface area contributed by atoms with Gasteiger partial charge in [-0.2, -0.15) is 10.4 Å². The van der Waals surface area contributed by atoms with Crippen LogP contribution >= 0.6 is 11.6 Å². The Morgan fingerprint density at radius 2 is 2.30 bits per heavy atom. The summed E-state index contributed by atoms with van der Waals surface area (Å²) in [6.07, 6.45) is 1.22. The van der Waals surface area contributed by atoms with Crippen LogP contribution < -0.4 is 5.32 Å². The fraction of sp³-hybridized carbons (Fsp3) is 0. The number of H-pyrrole nitrogens is 1. The summed E-state index contributed by atoms with van der Waals surface area (Å²) in [4.78, 5) is 22.3. The number of hydrogen-bond acceptors (Lipinski definition) is 5. The standard InChI is InChI=1S/C11H6ClN5O3/c12-7-2-1-3-8(17(19)20)9(7)11(18)15-10-6(4-13)5-14-16-10/h1-3,5H,(H2,14,15,16,18). The molecule has 1 aromatic carbocycles. The lowest BCUT2D eigenvalue weighted by Crippen LogP contribution is -2.15. The van der Waals surface area contributed by atoms with Crippen molar-refractivity contribution < 1.29 is 9.72 Å². The maximum absolute atomic E-state index is 12.1. The van der Waals surface area contributed by atoms with E-state index >= 15 is 0 Å². The number of nitrogens with one attached hydrogen (secondary N) is 2. The van der Waals surface area contributed by atoms with Crippen LogP contribution in [-0.4, -0.2) is 21.0 Å². The molecule has 0 saturated carbocycles. The summed E-state index contributed by atoms with van der Waals surface area (Å²) in [7, 11) is 0. The van der Waals surface area contributed by atoms with E-state index < -0.39 is 16.5 Å². The first-order valence-electron chi connectivity index (χ1n) is 5.22. The first kappa shape index (κ1) is 13.5. The molecule has 0 unspecified atom stereocenters. The summed E-state index contributed by atoms with van der Waals surface area (Å²) >= 11 is 5.83. The molecule has 0 aliphatic carbocycles. The van der Waals surface area contributed by atoms with Gasteiger partial charge in [-0.3, -0.25) is 20.0 Å². The molecule has 100 valence electrons. The van der Waals surface area contributed by atoms with E-state index in [-0.39, 0.29) is 22.0 Å². The highest BCUT2D eigenvalue weighted by Gasteiger charge is 2.24. The summed E-state index contributed by atoms with van der Waals surface area (Å²) in [5, 5.41) is 28.0. The van der Waals surface area contributed by atoms with Crippen LogP contribution in [0.25, 0.3) is 0 Å². The summed E-state index contributed by atoms with van der Waals surface area (Å²) in [5.41, 5.74) is -0.598. The fourth-order valence-electron chi connectivity index (χ4n) is 1.53. The largest absolute Gasteiger partial charge is 0.306 e. The number of aromatic amines is 1. The van der Waals surface area contributed by atoms with Gasteiger partial charge in [-0.1, -0.05) is 17.7 Å². The molecule has 9 heteroatoms. The van der Waals surface area contributed by atoms with Gasteiger partial charge in [-0.05, 0) is 6.07 Å². The van der Waals surface area contributed by atoms with E-state index in [2.05, 4.69) is 15.5 Å². The highest BCUT2D eigenvalue weighted by molar-refractivity contribution is 6.35. The lowest BCUT2D eigenvalue weighted by Gasteiger charge is -2.05. The molecule has 0 radical (unpaired) electrons. The van der Waals surface area contributed by atoms with E-state index in [0.29, 0.717) is 0 Å². The third-order valence-corrected chi connectivity index (χ3v) is 2.73. The number of halogens is 1. The highest BCUT2D eigenvalue weighted by atomic mass is 35.5. The van der Waals surface area contributed by atoms with E-state index in [4.69, 9.17) is 16.9 Å². The average molecular weight is 292 g/mol. The second kappa shape index (κ2) is 5.38. The highest BCUT2D eigenvalue weighted by Crippen LogP contribution is 2.27. The average Bonchev–Trinajstić information content (AvgIpc) is 2.85. The van der Waals surface area contributed by atoms with Crippen LogP contribution in [0.4, 0.5) is 11.5 Å². The minimum Gasteiger partial charge on any atom is -0.306 e. The monoisotopic (exact) mass is 291 g/mol. The Kier molecular flexibility index (Phi) is 3.63. The van der Waals surface area contributed by atoms with Crippen LogP contribution in [0.2, 0.25) is 5.02 Å². The van der Waals surface area contributed by atoms with Crippen LogP contribution in [0.3, 0.4) is 0 Å². The normalized spacial score (nSPS) is 9.80. The zero-order valence-electron chi connectivity index (χ0n) is 9.75. The Morgan fingerprint density at radius 3 is 2.95 bits per heavy atom. The predicted octanol–water partition coefficient (Wildman–Crippen LogP) is 2.10. The lowest BCUT2D eigenvalue weighted by atomic mass is 10.1. The molecule has 0 saturated heterocycles. The number of aromatic nitrogens is 2. The van der Waals surface area contributed by atoms with Gasteiger partial charge in [-0.25, -0.2) is 0 Å². The van der Waals surface area contributed by atoms with Crippen molar-refractivity contribution in [2.75, 3.05) is 5.32 Å². The molecule has 0 aliphatic heterocycles. The Balaban J connectivity index is 2.40. The molecule has 0 bridgehead atoms. The van der Waals surface area contributed by atoms with Crippen LogP contribution in [0.5, 0.6) is 0 Å². The van der Waals surface area contributed by atoms with Crippen molar-refractivity contribution in [1.29, 1.82) is 5.26 Å². The molecule has 0 atom stereocenters. The molecular weight excluding hydrogens is 286 g/mol. The van der Waals surface area contributed by atoms with Crippen LogP contribution in [0, 0.1) is 21.4 Å². The van der Waals surface area contributed by atoms with E-state index in [1.165, 1.54) is 24.4 Å². The van der Waals surface area contributed by atoms with Gasteiger partial charge in [0.1, 0.15) is 23.0 Å². The van der Waals surface area contributed by atoms with Gasteiger partial charge < -0.3 is 5.32 Å².